The zero-order valence-electron chi connectivity index (χ0n) is 13.4. The number of hydrogen-bond donors (Lipinski definition) is 1. The van der Waals surface area contributed by atoms with Crippen molar-refractivity contribution in [3.8, 4) is 5.75 Å². The van der Waals surface area contributed by atoms with Crippen molar-refractivity contribution in [3.63, 3.8) is 0 Å². The van der Waals surface area contributed by atoms with Gasteiger partial charge in [0.05, 0.1) is 7.11 Å². The van der Waals surface area contributed by atoms with E-state index in [1.807, 2.05) is 23.1 Å². The van der Waals surface area contributed by atoms with Crippen LogP contribution in [0, 0.1) is 0 Å². The molecule has 0 aliphatic carbocycles. The zero-order valence-corrected chi connectivity index (χ0v) is 13.4. The molecule has 0 aromatic heterocycles. The molecule has 5 nitrogen and oxygen atoms in total. The van der Waals surface area contributed by atoms with Crippen LogP contribution in [0.15, 0.2) is 36.9 Å². The number of amides is 2. The van der Waals surface area contributed by atoms with Crippen LogP contribution >= 0.6 is 0 Å². The zero-order chi connectivity index (χ0) is 15.9. The van der Waals surface area contributed by atoms with Gasteiger partial charge < -0.3 is 15.0 Å². The van der Waals surface area contributed by atoms with Crippen LogP contribution in [-0.4, -0.2) is 55.7 Å². The number of para-hydroxylation sites is 1. The summed E-state index contributed by atoms with van der Waals surface area (Å²) in [6.45, 7) is 9.51. The molecule has 2 rings (SSSR count). The Morgan fingerprint density at radius 2 is 2.05 bits per heavy atom. The number of urea groups is 1. The van der Waals surface area contributed by atoms with Crippen molar-refractivity contribution in [2.75, 3.05) is 39.8 Å². The van der Waals surface area contributed by atoms with Crippen LogP contribution in [-0.2, 0) is 0 Å². The fourth-order valence-corrected chi connectivity index (χ4v) is 2.79. The second-order valence-corrected chi connectivity index (χ2v) is 5.42. The number of hydrogen-bond acceptors (Lipinski definition) is 3. The van der Waals surface area contributed by atoms with Gasteiger partial charge in [-0.05, 0) is 13.0 Å². The maximum atomic E-state index is 11.9. The molecule has 1 aliphatic heterocycles. The maximum Gasteiger partial charge on any atom is 0.317 e. The molecular weight excluding hydrogens is 278 g/mol. The Morgan fingerprint density at radius 3 is 2.68 bits per heavy atom. The predicted octanol–water partition coefficient (Wildman–Crippen LogP) is 2.27. The van der Waals surface area contributed by atoms with Gasteiger partial charge in [0.15, 0.2) is 0 Å². The number of carbonyl (C=O) groups is 1. The van der Waals surface area contributed by atoms with Crippen molar-refractivity contribution >= 4 is 6.03 Å². The summed E-state index contributed by atoms with van der Waals surface area (Å²) in [5.41, 5.74) is 1.19. The summed E-state index contributed by atoms with van der Waals surface area (Å²) in [5, 5.41) is 2.83. The van der Waals surface area contributed by atoms with E-state index in [0.29, 0.717) is 6.54 Å². The van der Waals surface area contributed by atoms with Crippen LogP contribution in [0.1, 0.15) is 18.5 Å². The quantitative estimate of drug-likeness (QED) is 0.849. The monoisotopic (exact) mass is 303 g/mol. The van der Waals surface area contributed by atoms with Gasteiger partial charge in [-0.1, -0.05) is 24.3 Å². The first-order valence-electron chi connectivity index (χ1n) is 7.68. The molecule has 2 amide bonds. The third kappa shape index (κ3) is 3.80. The molecule has 1 heterocycles. The van der Waals surface area contributed by atoms with Crippen molar-refractivity contribution in [1.29, 1.82) is 0 Å². The highest BCUT2D eigenvalue weighted by Crippen LogP contribution is 2.29. The Labute approximate surface area is 132 Å². The van der Waals surface area contributed by atoms with Gasteiger partial charge in [0, 0.05) is 44.3 Å². The molecule has 0 radical (unpaired) electrons. The molecule has 0 bridgehead atoms. The fourth-order valence-electron chi connectivity index (χ4n) is 2.79. The Balaban J connectivity index is 1.93. The van der Waals surface area contributed by atoms with Gasteiger partial charge in [-0.15, -0.1) is 6.58 Å². The number of benzene rings is 1. The molecule has 1 aromatic rings. The lowest BCUT2D eigenvalue weighted by molar-refractivity contribution is 0.113. The van der Waals surface area contributed by atoms with Gasteiger partial charge in [-0.25, -0.2) is 4.79 Å². The fraction of sp³-hybridized carbons (Fsp3) is 0.471. The second kappa shape index (κ2) is 7.84. The molecule has 1 fully saturated rings. The highest BCUT2D eigenvalue weighted by molar-refractivity contribution is 5.74. The van der Waals surface area contributed by atoms with Gasteiger partial charge in [0.1, 0.15) is 5.75 Å². The summed E-state index contributed by atoms with van der Waals surface area (Å²) in [6.07, 6.45) is 1.69. The average Bonchev–Trinajstić information content (AvgIpc) is 2.59. The molecule has 0 spiro atoms. The first-order valence-corrected chi connectivity index (χ1v) is 7.68. The van der Waals surface area contributed by atoms with Crippen molar-refractivity contribution in [1.82, 2.24) is 15.1 Å². The van der Waals surface area contributed by atoms with Crippen LogP contribution in [0.2, 0.25) is 0 Å². The second-order valence-electron chi connectivity index (χ2n) is 5.42. The third-order valence-electron chi connectivity index (χ3n) is 4.14. The minimum absolute atomic E-state index is 0.00973. The normalized spacial score (nSPS) is 16.9. The third-order valence-corrected chi connectivity index (χ3v) is 4.14. The van der Waals surface area contributed by atoms with Gasteiger partial charge in [-0.3, -0.25) is 4.90 Å². The Kier molecular flexibility index (Phi) is 5.83. The highest BCUT2D eigenvalue weighted by atomic mass is 16.5. The Morgan fingerprint density at radius 1 is 1.36 bits per heavy atom. The molecule has 22 heavy (non-hydrogen) atoms. The van der Waals surface area contributed by atoms with Crippen molar-refractivity contribution in [3.05, 3.63) is 42.5 Å². The summed E-state index contributed by atoms with van der Waals surface area (Å²) in [7, 11) is 1.70. The molecule has 1 aromatic carbocycles. The molecule has 1 aliphatic rings. The number of carbonyl (C=O) groups excluding carboxylic acids is 1. The van der Waals surface area contributed by atoms with Gasteiger partial charge in [0.2, 0.25) is 0 Å². The summed E-state index contributed by atoms with van der Waals surface area (Å²) in [4.78, 5) is 16.2. The molecule has 1 saturated heterocycles. The molecule has 1 atom stereocenters. The van der Waals surface area contributed by atoms with E-state index in [-0.39, 0.29) is 12.1 Å². The van der Waals surface area contributed by atoms with Crippen LogP contribution in [0.4, 0.5) is 4.79 Å². The number of methoxy groups -OCH3 is 1. The van der Waals surface area contributed by atoms with E-state index >= 15 is 0 Å². The van der Waals surface area contributed by atoms with Gasteiger partial charge >= 0.3 is 6.03 Å². The maximum absolute atomic E-state index is 11.9. The minimum Gasteiger partial charge on any atom is -0.496 e. The lowest BCUT2D eigenvalue weighted by atomic mass is 10.0. The summed E-state index contributed by atoms with van der Waals surface area (Å²) < 4.78 is 5.45. The first kappa shape index (κ1) is 16.4. The van der Waals surface area contributed by atoms with Gasteiger partial charge in [0.25, 0.3) is 0 Å². The van der Waals surface area contributed by atoms with Crippen LogP contribution in [0.25, 0.3) is 0 Å². The average molecular weight is 303 g/mol. The van der Waals surface area contributed by atoms with Crippen LogP contribution in [0.3, 0.4) is 0 Å². The number of rotatable bonds is 5. The molecule has 0 unspecified atom stereocenters. The lowest BCUT2D eigenvalue weighted by Crippen LogP contribution is -2.52. The van der Waals surface area contributed by atoms with E-state index in [9.17, 15) is 4.79 Å². The van der Waals surface area contributed by atoms with Crippen molar-refractivity contribution in [2.24, 2.45) is 0 Å². The Hall–Kier alpha value is -2.01. The van der Waals surface area contributed by atoms with E-state index in [1.165, 1.54) is 5.56 Å². The highest BCUT2D eigenvalue weighted by Gasteiger charge is 2.25. The molecule has 0 saturated carbocycles. The largest absolute Gasteiger partial charge is 0.496 e. The molecule has 120 valence electrons. The number of piperazine rings is 1. The standard InChI is InChI=1S/C17H25N3O2/c1-4-9-18-17(21)20-12-10-19(11-13-20)14(2)15-7-5-6-8-16(15)22-3/h4-8,14H,1,9-13H2,2-3H3,(H,18,21)/t14-/m0/s1. The summed E-state index contributed by atoms with van der Waals surface area (Å²) >= 11 is 0. The number of nitrogens with zero attached hydrogens (tertiary/aromatic N) is 2. The Bertz CT molecular complexity index is 510. The van der Waals surface area contributed by atoms with E-state index in [1.54, 1.807) is 13.2 Å². The molecule has 1 N–H and O–H groups in total. The van der Waals surface area contributed by atoms with E-state index in [2.05, 4.69) is 29.8 Å². The van der Waals surface area contributed by atoms with Crippen molar-refractivity contribution in [2.45, 2.75) is 13.0 Å². The van der Waals surface area contributed by atoms with E-state index in [0.717, 1.165) is 31.9 Å². The topological polar surface area (TPSA) is 44.8 Å². The van der Waals surface area contributed by atoms with E-state index < -0.39 is 0 Å². The summed E-state index contributed by atoms with van der Waals surface area (Å²) in [5.74, 6) is 0.918. The van der Waals surface area contributed by atoms with Gasteiger partial charge in [-0.2, -0.15) is 0 Å². The molecular formula is C17H25N3O2. The lowest BCUT2D eigenvalue weighted by Gasteiger charge is -2.38. The van der Waals surface area contributed by atoms with Crippen LogP contribution < -0.4 is 10.1 Å². The van der Waals surface area contributed by atoms with Crippen LogP contribution in [0.5, 0.6) is 5.75 Å². The first-order chi connectivity index (χ1) is 10.7. The van der Waals surface area contributed by atoms with Crippen molar-refractivity contribution < 1.29 is 9.53 Å². The van der Waals surface area contributed by atoms with E-state index in [4.69, 9.17) is 4.74 Å². The smallest absolute Gasteiger partial charge is 0.317 e. The predicted molar refractivity (Wildman–Crippen MR) is 88.2 cm³/mol. The molecule has 5 heteroatoms. The number of ether oxygens (including phenoxy) is 1. The SMILES string of the molecule is C=CCNC(=O)N1CCN([C@@H](C)c2ccccc2OC)CC1. The summed E-state index contributed by atoms with van der Waals surface area (Å²) in [6, 6.07) is 8.38. The minimum atomic E-state index is -0.00973. The number of nitrogens with one attached hydrogen (secondary N) is 1.